The molecule has 0 unspecified atom stereocenters. The maximum atomic E-state index is 12.1. The molecule has 2 heterocycles. The summed E-state index contributed by atoms with van der Waals surface area (Å²) in [4.78, 5) is 16.1. The van der Waals surface area contributed by atoms with Gasteiger partial charge in [-0.2, -0.15) is 9.90 Å². The van der Waals surface area contributed by atoms with Crippen LogP contribution in [0.5, 0.6) is 0 Å². The average Bonchev–Trinajstić information content (AvgIpc) is 3.10. The molecule has 0 spiro atoms. The van der Waals surface area contributed by atoms with Crippen molar-refractivity contribution >= 4 is 12.0 Å². The summed E-state index contributed by atoms with van der Waals surface area (Å²) in [5, 5.41) is 11.7. The van der Waals surface area contributed by atoms with Crippen LogP contribution in [0.1, 0.15) is 32.4 Å². The van der Waals surface area contributed by atoms with Crippen molar-refractivity contribution in [1.29, 1.82) is 0 Å². The maximum absolute atomic E-state index is 12.1. The second-order valence-corrected chi connectivity index (χ2v) is 6.64. The van der Waals surface area contributed by atoms with Crippen molar-refractivity contribution in [2.24, 2.45) is 0 Å². The molecule has 2 aromatic rings. The van der Waals surface area contributed by atoms with Gasteiger partial charge < -0.3 is 10.2 Å². The summed E-state index contributed by atoms with van der Waals surface area (Å²) in [7, 11) is 0. The zero-order valence-electron chi connectivity index (χ0n) is 14.8. The highest BCUT2D eigenvalue weighted by atomic mass is 16.1. The lowest BCUT2D eigenvalue weighted by Crippen LogP contribution is -2.46. The first-order valence-corrected chi connectivity index (χ1v) is 8.82. The molecule has 1 aromatic carbocycles. The first-order valence-electron chi connectivity index (χ1n) is 8.82. The number of aromatic nitrogens is 3. The molecule has 1 N–H and O–H groups in total. The van der Waals surface area contributed by atoms with Crippen LogP contribution in [0.4, 0.5) is 0 Å². The highest BCUT2D eigenvalue weighted by molar-refractivity contribution is 5.91. The van der Waals surface area contributed by atoms with Crippen molar-refractivity contribution in [3.63, 3.8) is 0 Å². The van der Waals surface area contributed by atoms with Crippen molar-refractivity contribution < 1.29 is 4.79 Å². The van der Waals surface area contributed by atoms with Gasteiger partial charge in [-0.15, -0.1) is 5.10 Å². The van der Waals surface area contributed by atoms with E-state index in [9.17, 15) is 4.79 Å². The molecular weight excluding hydrogens is 314 g/mol. The number of nitrogens with one attached hydrogen (secondary N) is 1. The molecule has 0 bridgehead atoms. The molecule has 0 aliphatic carbocycles. The van der Waals surface area contributed by atoms with E-state index in [2.05, 4.69) is 34.3 Å². The lowest BCUT2D eigenvalue weighted by Gasteiger charge is -2.34. The zero-order valence-corrected chi connectivity index (χ0v) is 14.8. The van der Waals surface area contributed by atoms with Gasteiger partial charge in [0.1, 0.15) is 5.69 Å². The normalized spacial score (nSPS) is 16.6. The summed E-state index contributed by atoms with van der Waals surface area (Å²) in [5.41, 5.74) is 1.55. The van der Waals surface area contributed by atoms with E-state index in [0.29, 0.717) is 11.7 Å². The predicted octanol–water partition coefficient (Wildman–Crippen LogP) is 2.27. The van der Waals surface area contributed by atoms with Crippen molar-refractivity contribution in [2.45, 2.75) is 38.8 Å². The molecule has 0 atom stereocenters. The molecule has 6 heteroatoms. The number of hydrogen-bond acceptors (Lipinski definition) is 4. The molecule has 1 amide bonds. The number of rotatable bonds is 5. The van der Waals surface area contributed by atoms with Crippen LogP contribution in [0.2, 0.25) is 0 Å². The summed E-state index contributed by atoms with van der Waals surface area (Å²) in [5.74, 6) is -0.0720. The smallest absolute Gasteiger partial charge is 0.244 e. The molecule has 6 nitrogen and oxygen atoms in total. The van der Waals surface area contributed by atoms with E-state index in [-0.39, 0.29) is 11.9 Å². The van der Waals surface area contributed by atoms with Crippen LogP contribution in [-0.4, -0.2) is 51.0 Å². The van der Waals surface area contributed by atoms with Crippen LogP contribution in [-0.2, 0) is 4.79 Å². The van der Waals surface area contributed by atoms with Crippen molar-refractivity contribution in [3.05, 3.63) is 48.3 Å². The van der Waals surface area contributed by atoms with Crippen LogP contribution in [0.3, 0.4) is 0 Å². The second-order valence-electron chi connectivity index (χ2n) is 6.64. The Hall–Kier alpha value is -2.47. The number of amides is 1. The summed E-state index contributed by atoms with van der Waals surface area (Å²) < 4.78 is 0. The minimum Gasteiger partial charge on any atom is -0.350 e. The van der Waals surface area contributed by atoms with Gasteiger partial charge in [-0.1, -0.05) is 18.2 Å². The third-order valence-corrected chi connectivity index (χ3v) is 4.51. The van der Waals surface area contributed by atoms with E-state index < -0.39 is 0 Å². The van der Waals surface area contributed by atoms with E-state index in [4.69, 9.17) is 0 Å². The molecule has 132 valence electrons. The van der Waals surface area contributed by atoms with Crippen molar-refractivity contribution in [3.8, 4) is 5.69 Å². The van der Waals surface area contributed by atoms with Gasteiger partial charge in [0.15, 0.2) is 0 Å². The van der Waals surface area contributed by atoms with Gasteiger partial charge in [0.25, 0.3) is 0 Å². The van der Waals surface area contributed by atoms with Gasteiger partial charge in [0, 0.05) is 31.2 Å². The minimum atomic E-state index is -0.0720. The first-order chi connectivity index (χ1) is 12.1. The van der Waals surface area contributed by atoms with Gasteiger partial charge in [0.2, 0.25) is 5.91 Å². The van der Waals surface area contributed by atoms with Crippen LogP contribution in [0, 0.1) is 0 Å². The Labute approximate surface area is 148 Å². The number of likely N-dealkylation sites (tertiary alicyclic amines) is 1. The minimum absolute atomic E-state index is 0.0720. The maximum Gasteiger partial charge on any atom is 0.244 e. The van der Waals surface area contributed by atoms with Crippen molar-refractivity contribution in [1.82, 2.24) is 25.2 Å². The summed E-state index contributed by atoms with van der Waals surface area (Å²) in [6.07, 6.45) is 6.89. The Morgan fingerprint density at radius 2 is 1.96 bits per heavy atom. The fourth-order valence-corrected chi connectivity index (χ4v) is 3.01. The molecule has 1 aliphatic rings. The van der Waals surface area contributed by atoms with Crippen LogP contribution < -0.4 is 5.32 Å². The van der Waals surface area contributed by atoms with E-state index in [1.165, 1.54) is 6.08 Å². The van der Waals surface area contributed by atoms with Crippen molar-refractivity contribution in [2.75, 3.05) is 13.1 Å². The van der Waals surface area contributed by atoms with Crippen LogP contribution >= 0.6 is 0 Å². The highest BCUT2D eigenvalue weighted by Crippen LogP contribution is 2.13. The fraction of sp³-hybridized carbons (Fsp3) is 0.421. The first kappa shape index (κ1) is 17.4. The molecule has 3 rings (SSSR count). The lowest BCUT2D eigenvalue weighted by atomic mass is 10.0. The Balaban J connectivity index is 1.51. The van der Waals surface area contributed by atoms with Gasteiger partial charge in [-0.25, -0.2) is 0 Å². The van der Waals surface area contributed by atoms with Gasteiger partial charge in [-0.05, 0) is 44.9 Å². The summed E-state index contributed by atoms with van der Waals surface area (Å²) in [6.45, 7) is 6.50. The molecule has 1 fully saturated rings. The number of benzene rings is 1. The predicted molar refractivity (Wildman–Crippen MR) is 98.3 cm³/mol. The third-order valence-electron chi connectivity index (χ3n) is 4.51. The number of para-hydroxylation sites is 1. The number of nitrogens with zero attached hydrogens (tertiary/aromatic N) is 4. The van der Waals surface area contributed by atoms with Crippen LogP contribution in [0.15, 0.2) is 42.6 Å². The molecule has 1 aromatic heterocycles. The average molecular weight is 339 g/mol. The van der Waals surface area contributed by atoms with Gasteiger partial charge >= 0.3 is 0 Å². The van der Waals surface area contributed by atoms with E-state index in [1.807, 2.05) is 30.3 Å². The number of piperidine rings is 1. The standard InChI is InChI=1S/C19H25N5O/c1-15(2)23-12-10-16(11-13-23)21-19(25)9-8-17-14-20-24(22-17)18-6-4-3-5-7-18/h3-9,14-16H,10-13H2,1-2H3,(H,21,25)/b9-8-. The molecule has 1 aliphatic heterocycles. The second kappa shape index (κ2) is 8.07. The SMILES string of the molecule is CC(C)N1CCC(NC(=O)/C=C\c2cnn(-c3ccccc3)n2)CC1. The van der Waals surface area contributed by atoms with E-state index >= 15 is 0 Å². The summed E-state index contributed by atoms with van der Waals surface area (Å²) >= 11 is 0. The number of carbonyl (C=O) groups excluding carboxylic acids is 1. The highest BCUT2D eigenvalue weighted by Gasteiger charge is 2.21. The summed E-state index contributed by atoms with van der Waals surface area (Å²) in [6, 6.07) is 10.5. The van der Waals surface area contributed by atoms with E-state index in [0.717, 1.165) is 31.6 Å². The Bertz CT molecular complexity index is 714. The van der Waals surface area contributed by atoms with Crippen LogP contribution in [0.25, 0.3) is 11.8 Å². The molecule has 0 radical (unpaired) electrons. The lowest BCUT2D eigenvalue weighted by molar-refractivity contribution is -0.117. The molecule has 1 saturated heterocycles. The Morgan fingerprint density at radius 3 is 2.64 bits per heavy atom. The van der Waals surface area contributed by atoms with Gasteiger partial charge in [0.05, 0.1) is 11.9 Å². The molecular formula is C19H25N5O. The largest absolute Gasteiger partial charge is 0.350 e. The zero-order chi connectivity index (χ0) is 17.6. The Kier molecular flexibility index (Phi) is 5.60. The monoisotopic (exact) mass is 339 g/mol. The molecule has 0 saturated carbocycles. The Morgan fingerprint density at radius 1 is 1.24 bits per heavy atom. The van der Waals surface area contributed by atoms with Gasteiger partial charge in [-0.3, -0.25) is 4.79 Å². The number of carbonyl (C=O) groups is 1. The number of hydrogen-bond donors (Lipinski definition) is 1. The van der Waals surface area contributed by atoms with E-state index in [1.54, 1.807) is 17.1 Å². The third kappa shape index (κ3) is 4.76. The topological polar surface area (TPSA) is 63.1 Å². The fourth-order valence-electron chi connectivity index (χ4n) is 3.01. The quantitative estimate of drug-likeness (QED) is 0.849. The molecule has 25 heavy (non-hydrogen) atoms.